The molecular weight excluding hydrogens is 272 g/mol. The highest BCUT2D eigenvalue weighted by atomic mass is 16.3. The molecule has 0 spiro atoms. The largest absolute Gasteiger partial charge is 0.392 e. The van der Waals surface area contributed by atoms with Crippen molar-refractivity contribution in [1.82, 2.24) is 5.32 Å². The van der Waals surface area contributed by atoms with E-state index in [2.05, 4.69) is 54.4 Å². The fraction of sp³-hybridized carbons (Fsp3) is 0.368. The molecule has 3 nitrogen and oxygen atoms in total. The Morgan fingerprint density at radius 1 is 0.864 bits per heavy atom. The average Bonchev–Trinajstić information content (AvgIpc) is 2.58. The molecule has 0 saturated heterocycles. The van der Waals surface area contributed by atoms with Crippen LogP contribution in [-0.2, 0) is 19.7 Å². The highest BCUT2D eigenvalue weighted by molar-refractivity contribution is 5.47. The first-order valence-electron chi connectivity index (χ1n) is 8.00. The first-order chi connectivity index (χ1) is 10.8. The lowest BCUT2D eigenvalue weighted by Crippen LogP contribution is -2.21. The van der Waals surface area contributed by atoms with Gasteiger partial charge in [0.15, 0.2) is 0 Å². The monoisotopic (exact) mass is 298 g/mol. The molecule has 118 valence electrons. The van der Waals surface area contributed by atoms with Gasteiger partial charge in [-0.25, -0.2) is 0 Å². The predicted octanol–water partition coefficient (Wildman–Crippen LogP) is 3.31. The van der Waals surface area contributed by atoms with Crippen molar-refractivity contribution >= 4 is 5.69 Å². The Bertz CT molecular complexity index is 562. The van der Waals surface area contributed by atoms with E-state index in [-0.39, 0.29) is 6.61 Å². The standard InChI is InChI=1S/C19H26N2O/c1-3-21(4-2)19-11-9-16(10-12-19)13-20-14-17-7-5-6-8-18(17)15-22/h5-12,20,22H,3-4,13-15H2,1-2H3. The summed E-state index contributed by atoms with van der Waals surface area (Å²) in [6, 6.07) is 16.7. The van der Waals surface area contributed by atoms with Gasteiger partial charge in [0.25, 0.3) is 0 Å². The van der Waals surface area contributed by atoms with Crippen molar-refractivity contribution in [2.45, 2.75) is 33.5 Å². The maximum atomic E-state index is 9.33. The van der Waals surface area contributed by atoms with Crippen molar-refractivity contribution < 1.29 is 5.11 Å². The molecule has 0 heterocycles. The van der Waals surface area contributed by atoms with Crippen LogP contribution in [0.5, 0.6) is 0 Å². The summed E-state index contributed by atoms with van der Waals surface area (Å²) in [4.78, 5) is 2.34. The second-order valence-corrected chi connectivity index (χ2v) is 5.37. The Kier molecular flexibility index (Phi) is 6.44. The summed E-state index contributed by atoms with van der Waals surface area (Å²) in [6.45, 7) is 8.12. The molecule has 2 aromatic rings. The lowest BCUT2D eigenvalue weighted by Gasteiger charge is -2.21. The van der Waals surface area contributed by atoms with Crippen molar-refractivity contribution in [3.8, 4) is 0 Å². The van der Waals surface area contributed by atoms with Gasteiger partial charge >= 0.3 is 0 Å². The van der Waals surface area contributed by atoms with Gasteiger partial charge in [-0.2, -0.15) is 0 Å². The third kappa shape index (κ3) is 4.33. The number of benzene rings is 2. The number of anilines is 1. The molecule has 0 aromatic heterocycles. The van der Waals surface area contributed by atoms with E-state index in [4.69, 9.17) is 0 Å². The fourth-order valence-corrected chi connectivity index (χ4v) is 2.64. The molecule has 0 aliphatic rings. The summed E-state index contributed by atoms with van der Waals surface area (Å²) in [5.74, 6) is 0. The first-order valence-corrected chi connectivity index (χ1v) is 8.00. The molecule has 2 rings (SSSR count). The summed E-state index contributed by atoms with van der Waals surface area (Å²) >= 11 is 0. The van der Waals surface area contributed by atoms with Gasteiger partial charge in [-0.15, -0.1) is 0 Å². The van der Waals surface area contributed by atoms with Crippen LogP contribution in [0, 0.1) is 0 Å². The van der Waals surface area contributed by atoms with Crippen molar-refractivity contribution in [3.05, 3.63) is 65.2 Å². The summed E-state index contributed by atoms with van der Waals surface area (Å²) in [7, 11) is 0. The van der Waals surface area contributed by atoms with Crippen LogP contribution in [0.1, 0.15) is 30.5 Å². The van der Waals surface area contributed by atoms with E-state index in [0.29, 0.717) is 0 Å². The lowest BCUT2D eigenvalue weighted by atomic mass is 10.1. The number of nitrogens with zero attached hydrogens (tertiary/aromatic N) is 1. The number of hydrogen-bond acceptors (Lipinski definition) is 3. The maximum absolute atomic E-state index is 9.33. The molecule has 3 heteroatoms. The Balaban J connectivity index is 1.89. The third-order valence-corrected chi connectivity index (χ3v) is 4.00. The molecular formula is C19H26N2O. The van der Waals surface area contributed by atoms with E-state index in [1.807, 2.05) is 18.2 Å². The van der Waals surface area contributed by atoms with Crippen LogP contribution in [0.15, 0.2) is 48.5 Å². The molecule has 0 bridgehead atoms. The molecule has 0 amide bonds. The summed E-state index contributed by atoms with van der Waals surface area (Å²) in [6.07, 6.45) is 0. The highest BCUT2D eigenvalue weighted by Gasteiger charge is 2.02. The van der Waals surface area contributed by atoms with Crippen LogP contribution in [0.4, 0.5) is 5.69 Å². The normalized spacial score (nSPS) is 10.7. The zero-order valence-electron chi connectivity index (χ0n) is 13.5. The van der Waals surface area contributed by atoms with Crippen LogP contribution in [-0.4, -0.2) is 18.2 Å². The van der Waals surface area contributed by atoms with Gasteiger partial charge in [-0.3, -0.25) is 0 Å². The van der Waals surface area contributed by atoms with E-state index in [0.717, 1.165) is 37.3 Å². The molecule has 0 unspecified atom stereocenters. The second-order valence-electron chi connectivity index (χ2n) is 5.37. The second kappa shape index (κ2) is 8.57. The molecule has 0 fully saturated rings. The highest BCUT2D eigenvalue weighted by Crippen LogP contribution is 2.15. The van der Waals surface area contributed by atoms with E-state index in [9.17, 15) is 5.11 Å². The molecule has 2 N–H and O–H groups in total. The zero-order valence-corrected chi connectivity index (χ0v) is 13.5. The van der Waals surface area contributed by atoms with Crippen LogP contribution in [0.25, 0.3) is 0 Å². The molecule has 2 aromatic carbocycles. The van der Waals surface area contributed by atoms with Crippen LogP contribution < -0.4 is 10.2 Å². The van der Waals surface area contributed by atoms with Crippen molar-refractivity contribution in [2.75, 3.05) is 18.0 Å². The zero-order chi connectivity index (χ0) is 15.8. The fourth-order valence-electron chi connectivity index (χ4n) is 2.64. The first kappa shape index (κ1) is 16.5. The molecule has 0 atom stereocenters. The quantitative estimate of drug-likeness (QED) is 0.785. The Morgan fingerprint density at radius 3 is 2.09 bits per heavy atom. The van der Waals surface area contributed by atoms with Gasteiger partial charge in [0.05, 0.1) is 6.61 Å². The number of aliphatic hydroxyl groups is 1. The SMILES string of the molecule is CCN(CC)c1ccc(CNCc2ccccc2CO)cc1. The molecule has 22 heavy (non-hydrogen) atoms. The van der Waals surface area contributed by atoms with Gasteiger partial charge in [-0.1, -0.05) is 36.4 Å². The predicted molar refractivity (Wildman–Crippen MR) is 92.9 cm³/mol. The van der Waals surface area contributed by atoms with Gasteiger partial charge in [0, 0.05) is 31.9 Å². The molecule has 0 aliphatic heterocycles. The summed E-state index contributed by atoms with van der Waals surface area (Å²) < 4.78 is 0. The minimum atomic E-state index is 0.0937. The molecule has 0 saturated carbocycles. The van der Waals surface area contributed by atoms with Gasteiger partial charge in [0.1, 0.15) is 0 Å². The Hall–Kier alpha value is -1.84. The minimum absolute atomic E-state index is 0.0937. The number of aliphatic hydroxyl groups excluding tert-OH is 1. The van der Waals surface area contributed by atoms with Gasteiger partial charge in [-0.05, 0) is 42.7 Å². The van der Waals surface area contributed by atoms with Crippen LogP contribution >= 0.6 is 0 Å². The maximum Gasteiger partial charge on any atom is 0.0685 e. The Morgan fingerprint density at radius 2 is 1.50 bits per heavy atom. The average molecular weight is 298 g/mol. The Labute approximate surface area is 133 Å². The van der Waals surface area contributed by atoms with Gasteiger partial charge < -0.3 is 15.3 Å². The third-order valence-electron chi connectivity index (χ3n) is 4.00. The summed E-state index contributed by atoms with van der Waals surface area (Å²) in [5, 5.41) is 12.8. The van der Waals surface area contributed by atoms with Crippen molar-refractivity contribution in [2.24, 2.45) is 0 Å². The van der Waals surface area contributed by atoms with Crippen LogP contribution in [0.2, 0.25) is 0 Å². The number of nitrogens with one attached hydrogen (secondary N) is 1. The van der Waals surface area contributed by atoms with Gasteiger partial charge in [0.2, 0.25) is 0 Å². The van der Waals surface area contributed by atoms with E-state index in [1.165, 1.54) is 11.3 Å². The minimum Gasteiger partial charge on any atom is -0.392 e. The van der Waals surface area contributed by atoms with Crippen LogP contribution in [0.3, 0.4) is 0 Å². The topological polar surface area (TPSA) is 35.5 Å². The van der Waals surface area contributed by atoms with E-state index < -0.39 is 0 Å². The van der Waals surface area contributed by atoms with Crippen molar-refractivity contribution in [1.29, 1.82) is 0 Å². The van der Waals surface area contributed by atoms with Crippen molar-refractivity contribution in [3.63, 3.8) is 0 Å². The van der Waals surface area contributed by atoms with E-state index >= 15 is 0 Å². The number of rotatable bonds is 8. The number of hydrogen-bond donors (Lipinski definition) is 2. The smallest absolute Gasteiger partial charge is 0.0685 e. The molecule has 0 radical (unpaired) electrons. The molecule has 0 aliphatic carbocycles. The lowest BCUT2D eigenvalue weighted by molar-refractivity contribution is 0.280. The summed E-state index contributed by atoms with van der Waals surface area (Å²) in [5.41, 5.74) is 4.70. The van der Waals surface area contributed by atoms with E-state index in [1.54, 1.807) is 0 Å².